The molecule has 1 saturated heterocycles. The molecule has 1 aromatic carbocycles. The van der Waals surface area contributed by atoms with Gasteiger partial charge in [-0.05, 0) is 45.1 Å². The van der Waals surface area contributed by atoms with E-state index in [2.05, 4.69) is 0 Å². The van der Waals surface area contributed by atoms with E-state index in [0.29, 0.717) is 17.9 Å². The molecular weight excluding hydrogens is 276 g/mol. The number of β-amino-alcohol motifs (C(OH)–C–C–N with tert-alkyl or cyclic N) is 1. The SMILES string of the molecule is Cc1cccc(S(=O)(=O)N2CC(O)CC2CN(C)C)c1. The number of benzene rings is 1. The van der Waals surface area contributed by atoms with Gasteiger partial charge in [0.25, 0.3) is 0 Å². The predicted octanol–water partition coefficient (Wildman–Crippen LogP) is 0.681. The lowest BCUT2D eigenvalue weighted by Crippen LogP contribution is -2.41. The van der Waals surface area contributed by atoms with Crippen LogP contribution in [-0.2, 0) is 10.0 Å². The van der Waals surface area contributed by atoms with Crippen molar-refractivity contribution in [3.63, 3.8) is 0 Å². The van der Waals surface area contributed by atoms with Gasteiger partial charge in [0, 0.05) is 19.1 Å². The Morgan fingerprint density at radius 1 is 1.40 bits per heavy atom. The van der Waals surface area contributed by atoms with Crippen molar-refractivity contribution in [3.05, 3.63) is 29.8 Å². The number of aliphatic hydroxyl groups excluding tert-OH is 1. The minimum atomic E-state index is -3.54. The topological polar surface area (TPSA) is 60.9 Å². The van der Waals surface area contributed by atoms with Crippen LogP contribution in [0.5, 0.6) is 0 Å². The molecule has 1 aliphatic heterocycles. The largest absolute Gasteiger partial charge is 0.392 e. The molecule has 0 amide bonds. The quantitative estimate of drug-likeness (QED) is 0.888. The molecule has 2 atom stereocenters. The van der Waals surface area contributed by atoms with Gasteiger partial charge in [-0.25, -0.2) is 8.42 Å². The van der Waals surface area contributed by atoms with Gasteiger partial charge in [-0.3, -0.25) is 0 Å². The van der Waals surface area contributed by atoms with Gasteiger partial charge in [0.15, 0.2) is 0 Å². The molecule has 20 heavy (non-hydrogen) atoms. The summed E-state index contributed by atoms with van der Waals surface area (Å²) in [5.74, 6) is 0. The summed E-state index contributed by atoms with van der Waals surface area (Å²) in [6.45, 7) is 2.66. The standard InChI is InChI=1S/C14H22N2O3S/c1-11-5-4-6-14(7-11)20(18,19)16-10-13(17)8-12(16)9-15(2)3/h4-7,12-13,17H,8-10H2,1-3H3. The third-order valence-electron chi connectivity index (χ3n) is 3.51. The molecule has 0 saturated carbocycles. The molecule has 1 aliphatic rings. The van der Waals surface area contributed by atoms with Gasteiger partial charge in [0.1, 0.15) is 0 Å². The summed E-state index contributed by atoms with van der Waals surface area (Å²) >= 11 is 0. The van der Waals surface area contributed by atoms with Crippen LogP contribution in [-0.4, -0.2) is 62.1 Å². The summed E-state index contributed by atoms with van der Waals surface area (Å²) in [5, 5.41) is 9.82. The summed E-state index contributed by atoms with van der Waals surface area (Å²) in [7, 11) is 0.268. The zero-order valence-electron chi connectivity index (χ0n) is 12.2. The Hall–Kier alpha value is -0.950. The predicted molar refractivity (Wildman–Crippen MR) is 78.0 cm³/mol. The molecule has 6 heteroatoms. The van der Waals surface area contributed by atoms with Crippen molar-refractivity contribution in [3.8, 4) is 0 Å². The first-order chi connectivity index (χ1) is 9.30. The molecule has 1 heterocycles. The van der Waals surface area contributed by atoms with Gasteiger partial charge in [-0.2, -0.15) is 4.31 Å². The Labute approximate surface area is 120 Å². The van der Waals surface area contributed by atoms with Gasteiger partial charge in [0.2, 0.25) is 10.0 Å². The lowest BCUT2D eigenvalue weighted by molar-refractivity contribution is 0.188. The average Bonchev–Trinajstić information content (AvgIpc) is 2.70. The number of aryl methyl sites for hydroxylation is 1. The highest BCUT2D eigenvalue weighted by Gasteiger charge is 2.39. The monoisotopic (exact) mass is 298 g/mol. The smallest absolute Gasteiger partial charge is 0.243 e. The van der Waals surface area contributed by atoms with E-state index in [9.17, 15) is 13.5 Å². The minimum absolute atomic E-state index is 0.175. The Kier molecular flexibility index (Phi) is 4.49. The summed E-state index contributed by atoms with van der Waals surface area (Å²) in [4.78, 5) is 2.25. The van der Waals surface area contributed by atoms with Crippen LogP contribution in [0.25, 0.3) is 0 Å². The van der Waals surface area contributed by atoms with Gasteiger partial charge in [0.05, 0.1) is 11.0 Å². The first kappa shape index (κ1) is 15.4. The molecule has 0 aliphatic carbocycles. The lowest BCUT2D eigenvalue weighted by Gasteiger charge is -2.26. The van der Waals surface area contributed by atoms with Gasteiger partial charge in [-0.1, -0.05) is 12.1 Å². The van der Waals surface area contributed by atoms with E-state index in [1.54, 1.807) is 18.2 Å². The van der Waals surface area contributed by atoms with E-state index in [4.69, 9.17) is 0 Å². The first-order valence-electron chi connectivity index (χ1n) is 6.72. The Balaban J connectivity index is 2.32. The second kappa shape index (κ2) is 5.81. The van der Waals surface area contributed by atoms with E-state index in [1.165, 1.54) is 4.31 Å². The van der Waals surface area contributed by atoms with Crippen LogP contribution >= 0.6 is 0 Å². The van der Waals surface area contributed by atoms with E-state index in [0.717, 1.165) is 5.56 Å². The summed E-state index contributed by atoms with van der Waals surface area (Å²) in [6.07, 6.45) is -0.0945. The zero-order chi connectivity index (χ0) is 14.9. The number of nitrogens with zero attached hydrogens (tertiary/aromatic N) is 2. The summed E-state index contributed by atoms with van der Waals surface area (Å²) in [5.41, 5.74) is 0.912. The summed E-state index contributed by atoms with van der Waals surface area (Å²) < 4.78 is 26.9. The highest BCUT2D eigenvalue weighted by molar-refractivity contribution is 7.89. The first-order valence-corrected chi connectivity index (χ1v) is 8.16. The van der Waals surface area contributed by atoms with Crippen molar-refractivity contribution in [2.45, 2.75) is 30.4 Å². The minimum Gasteiger partial charge on any atom is -0.392 e. The molecule has 0 bridgehead atoms. The Morgan fingerprint density at radius 3 is 2.70 bits per heavy atom. The zero-order valence-corrected chi connectivity index (χ0v) is 13.0. The molecule has 1 aromatic rings. The van der Waals surface area contributed by atoms with Crippen LogP contribution in [0.3, 0.4) is 0 Å². The molecule has 112 valence electrons. The van der Waals surface area contributed by atoms with E-state index in [-0.39, 0.29) is 12.6 Å². The number of aliphatic hydroxyl groups is 1. The van der Waals surface area contributed by atoms with E-state index < -0.39 is 16.1 Å². The van der Waals surface area contributed by atoms with Crippen molar-refractivity contribution >= 4 is 10.0 Å². The molecule has 5 nitrogen and oxygen atoms in total. The molecule has 2 rings (SSSR count). The Morgan fingerprint density at radius 2 is 2.10 bits per heavy atom. The van der Waals surface area contributed by atoms with Crippen LogP contribution in [0.15, 0.2) is 29.2 Å². The van der Waals surface area contributed by atoms with Crippen molar-refractivity contribution in [2.75, 3.05) is 27.2 Å². The normalized spacial score (nSPS) is 24.4. The molecule has 1 N–H and O–H groups in total. The fourth-order valence-corrected chi connectivity index (χ4v) is 4.43. The highest BCUT2D eigenvalue weighted by Crippen LogP contribution is 2.27. The van der Waals surface area contributed by atoms with Gasteiger partial charge >= 0.3 is 0 Å². The van der Waals surface area contributed by atoms with Crippen LogP contribution in [0.1, 0.15) is 12.0 Å². The maximum Gasteiger partial charge on any atom is 0.243 e. The fourth-order valence-electron chi connectivity index (χ4n) is 2.66. The van der Waals surface area contributed by atoms with Crippen LogP contribution in [0.4, 0.5) is 0 Å². The second-order valence-corrected chi connectivity index (χ2v) is 7.59. The molecular formula is C14H22N2O3S. The Bertz CT molecular complexity index is 572. The fraction of sp³-hybridized carbons (Fsp3) is 0.571. The van der Waals surface area contributed by atoms with Crippen molar-refractivity contribution in [2.24, 2.45) is 0 Å². The number of hydrogen-bond acceptors (Lipinski definition) is 4. The second-order valence-electron chi connectivity index (χ2n) is 5.70. The van der Waals surface area contributed by atoms with Crippen molar-refractivity contribution < 1.29 is 13.5 Å². The maximum atomic E-state index is 12.7. The van der Waals surface area contributed by atoms with E-state index >= 15 is 0 Å². The summed E-state index contributed by atoms with van der Waals surface area (Å²) in [6, 6.07) is 6.72. The van der Waals surface area contributed by atoms with Crippen LogP contribution in [0.2, 0.25) is 0 Å². The maximum absolute atomic E-state index is 12.7. The van der Waals surface area contributed by atoms with Gasteiger partial charge in [-0.15, -0.1) is 0 Å². The number of hydrogen-bond donors (Lipinski definition) is 1. The van der Waals surface area contributed by atoms with Crippen LogP contribution < -0.4 is 0 Å². The molecule has 0 radical (unpaired) electrons. The molecule has 1 fully saturated rings. The van der Waals surface area contributed by atoms with Crippen molar-refractivity contribution in [1.82, 2.24) is 9.21 Å². The van der Waals surface area contributed by atoms with Crippen molar-refractivity contribution in [1.29, 1.82) is 0 Å². The van der Waals surface area contributed by atoms with Gasteiger partial charge < -0.3 is 10.0 Å². The number of rotatable bonds is 4. The molecule has 0 aromatic heterocycles. The lowest BCUT2D eigenvalue weighted by atomic mass is 10.2. The number of likely N-dealkylation sites (N-methyl/N-ethyl adjacent to an activating group) is 1. The number of sulfonamides is 1. The van der Waals surface area contributed by atoms with Crippen LogP contribution in [0, 0.1) is 6.92 Å². The third kappa shape index (κ3) is 3.20. The average molecular weight is 298 g/mol. The molecule has 2 unspecified atom stereocenters. The molecule has 0 spiro atoms. The van der Waals surface area contributed by atoms with E-state index in [1.807, 2.05) is 32.0 Å². The highest BCUT2D eigenvalue weighted by atomic mass is 32.2. The third-order valence-corrected chi connectivity index (χ3v) is 5.43.